The van der Waals surface area contributed by atoms with Crippen molar-refractivity contribution in [1.29, 1.82) is 0 Å². The molecule has 0 spiro atoms. The van der Waals surface area contributed by atoms with Crippen LogP contribution in [0, 0.1) is 11.8 Å². The lowest BCUT2D eigenvalue weighted by molar-refractivity contribution is 0.749. The molecule has 0 aliphatic carbocycles. The molecule has 0 saturated carbocycles. The summed E-state index contributed by atoms with van der Waals surface area (Å²) < 4.78 is 0. The Morgan fingerprint density at radius 3 is 2.79 bits per heavy atom. The summed E-state index contributed by atoms with van der Waals surface area (Å²) >= 11 is 0. The standard InChI is InChI=1S/C17H16N2/c1-2-5-15(6-3-1)16-11-14(12-18-13-16)8-9-17-7-4-10-19-17/h1-3,5-6,11-13,17,19H,4,7,10H2. The maximum atomic E-state index is 4.28. The second-order valence-corrected chi connectivity index (χ2v) is 4.75. The molecule has 19 heavy (non-hydrogen) atoms. The Kier molecular flexibility index (Phi) is 3.58. The summed E-state index contributed by atoms with van der Waals surface area (Å²) in [5.41, 5.74) is 3.28. The summed E-state index contributed by atoms with van der Waals surface area (Å²) in [4.78, 5) is 4.28. The zero-order valence-corrected chi connectivity index (χ0v) is 10.8. The third kappa shape index (κ3) is 3.01. The Hall–Kier alpha value is -2.11. The normalized spacial score (nSPS) is 17.8. The quantitative estimate of drug-likeness (QED) is 0.785. The first-order valence-corrected chi connectivity index (χ1v) is 6.67. The first-order valence-electron chi connectivity index (χ1n) is 6.67. The number of rotatable bonds is 1. The molecule has 0 amide bonds. The number of aromatic nitrogens is 1. The van der Waals surface area contributed by atoms with Gasteiger partial charge in [0.15, 0.2) is 0 Å². The molecule has 0 bridgehead atoms. The average molecular weight is 248 g/mol. The van der Waals surface area contributed by atoms with Crippen LogP contribution in [0.5, 0.6) is 0 Å². The van der Waals surface area contributed by atoms with Crippen LogP contribution in [0.2, 0.25) is 0 Å². The lowest BCUT2D eigenvalue weighted by Gasteiger charge is -2.01. The predicted molar refractivity (Wildman–Crippen MR) is 77.6 cm³/mol. The van der Waals surface area contributed by atoms with E-state index in [1.807, 2.05) is 30.6 Å². The Morgan fingerprint density at radius 2 is 2.00 bits per heavy atom. The molecule has 1 aliphatic rings. The van der Waals surface area contributed by atoms with Gasteiger partial charge in [-0.15, -0.1) is 0 Å². The number of hydrogen-bond acceptors (Lipinski definition) is 2. The van der Waals surface area contributed by atoms with E-state index in [1.54, 1.807) is 0 Å². The van der Waals surface area contributed by atoms with Crippen molar-refractivity contribution in [2.45, 2.75) is 18.9 Å². The van der Waals surface area contributed by atoms with E-state index in [0.29, 0.717) is 6.04 Å². The molecule has 0 radical (unpaired) electrons. The largest absolute Gasteiger partial charge is 0.304 e. The Bertz CT molecular complexity index is 602. The van der Waals surface area contributed by atoms with Crippen LogP contribution in [0.1, 0.15) is 18.4 Å². The van der Waals surface area contributed by atoms with Crippen molar-refractivity contribution in [3.05, 3.63) is 54.4 Å². The van der Waals surface area contributed by atoms with Crippen molar-refractivity contribution in [2.24, 2.45) is 0 Å². The fraction of sp³-hybridized carbons (Fsp3) is 0.235. The first-order chi connectivity index (χ1) is 9.42. The van der Waals surface area contributed by atoms with Crippen LogP contribution in [0.15, 0.2) is 48.8 Å². The van der Waals surface area contributed by atoms with Gasteiger partial charge in [0.2, 0.25) is 0 Å². The molecule has 1 saturated heterocycles. The third-order valence-corrected chi connectivity index (χ3v) is 3.30. The van der Waals surface area contributed by atoms with Crippen molar-refractivity contribution in [2.75, 3.05) is 6.54 Å². The molecule has 1 N–H and O–H groups in total. The van der Waals surface area contributed by atoms with Gasteiger partial charge in [-0.05, 0) is 31.0 Å². The van der Waals surface area contributed by atoms with Gasteiger partial charge in [-0.1, -0.05) is 42.2 Å². The SMILES string of the molecule is C(#CC1CCCN1)c1cncc(-c2ccccc2)c1. The molecule has 2 heteroatoms. The van der Waals surface area contributed by atoms with Gasteiger partial charge in [0, 0.05) is 23.5 Å². The second kappa shape index (κ2) is 5.69. The molecule has 94 valence electrons. The fourth-order valence-corrected chi connectivity index (χ4v) is 2.27. The molecule has 1 aromatic carbocycles. The number of nitrogens with one attached hydrogen (secondary N) is 1. The topological polar surface area (TPSA) is 24.9 Å². The van der Waals surface area contributed by atoms with E-state index in [1.165, 1.54) is 12.0 Å². The van der Waals surface area contributed by atoms with Crippen LogP contribution in [0.3, 0.4) is 0 Å². The second-order valence-electron chi connectivity index (χ2n) is 4.75. The highest BCUT2D eigenvalue weighted by Crippen LogP contribution is 2.18. The summed E-state index contributed by atoms with van der Waals surface area (Å²) in [7, 11) is 0. The van der Waals surface area contributed by atoms with Gasteiger partial charge in [0.1, 0.15) is 0 Å². The van der Waals surface area contributed by atoms with Gasteiger partial charge in [0.05, 0.1) is 6.04 Å². The van der Waals surface area contributed by atoms with E-state index in [4.69, 9.17) is 0 Å². The van der Waals surface area contributed by atoms with Gasteiger partial charge >= 0.3 is 0 Å². The third-order valence-electron chi connectivity index (χ3n) is 3.30. The van der Waals surface area contributed by atoms with E-state index < -0.39 is 0 Å². The van der Waals surface area contributed by atoms with Crippen LogP contribution in [0.25, 0.3) is 11.1 Å². The minimum atomic E-state index is 0.348. The number of hydrogen-bond donors (Lipinski definition) is 1. The Morgan fingerprint density at radius 1 is 1.11 bits per heavy atom. The zero-order chi connectivity index (χ0) is 12.9. The van der Waals surface area contributed by atoms with Gasteiger partial charge < -0.3 is 5.32 Å². The van der Waals surface area contributed by atoms with Gasteiger partial charge in [-0.3, -0.25) is 4.98 Å². The van der Waals surface area contributed by atoms with Crippen molar-refractivity contribution >= 4 is 0 Å². The molecule has 2 heterocycles. The maximum absolute atomic E-state index is 4.28. The Labute approximate surface area is 113 Å². The van der Waals surface area contributed by atoms with E-state index in [0.717, 1.165) is 24.1 Å². The Balaban J connectivity index is 1.84. The minimum absolute atomic E-state index is 0.348. The van der Waals surface area contributed by atoms with E-state index >= 15 is 0 Å². The monoisotopic (exact) mass is 248 g/mol. The molecule has 1 atom stereocenters. The van der Waals surface area contributed by atoms with Crippen LogP contribution < -0.4 is 5.32 Å². The smallest absolute Gasteiger partial charge is 0.0693 e. The fourth-order valence-electron chi connectivity index (χ4n) is 2.27. The summed E-state index contributed by atoms with van der Waals surface area (Å²) in [6.45, 7) is 1.08. The van der Waals surface area contributed by atoms with Gasteiger partial charge in [-0.25, -0.2) is 0 Å². The number of benzene rings is 1. The van der Waals surface area contributed by atoms with Crippen molar-refractivity contribution in [1.82, 2.24) is 10.3 Å². The van der Waals surface area contributed by atoms with Crippen LogP contribution >= 0.6 is 0 Å². The van der Waals surface area contributed by atoms with E-state index in [9.17, 15) is 0 Å². The lowest BCUT2D eigenvalue weighted by Crippen LogP contribution is -2.18. The van der Waals surface area contributed by atoms with Gasteiger partial charge in [-0.2, -0.15) is 0 Å². The van der Waals surface area contributed by atoms with Crippen LogP contribution in [0.4, 0.5) is 0 Å². The minimum Gasteiger partial charge on any atom is -0.304 e. The highest BCUT2D eigenvalue weighted by Gasteiger charge is 2.09. The predicted octanol–water partition coefficient (Wildman–Crippen LogP) is 2.85. The molecule has 1 unspecified atom stereocenters. The van der Waals surface area contributed by atoms with Crippen molar-refractivity contribution in [3.8, 4) is 23.0 Å². The molecule has 2 nitrogen and oxygen atoms in total. The maximum Gasteiger partial charge on any atom is 0.0693 e. The summed E-state index contributed by atoms with van der Waals surface area (Å²) in [6.07, 6.45) is 6.09. The number of nitrogens with zero attached hydrogens (tertiary/aromatic N) is 1. The highest BCUT2D eigenvalue weighted by atomic mass is 14.9. The lowest BCUT2D eigenvalue weighted by atomic mass is 10.1. The van der Waals surface area contributed by atoms with Crippen molar-refractivity contribution in [3.63, 3.8) is 0 Å². The van der Waals surface area contributed by atoms with Gasteiger partial charge in [0.25, 0.3) is 0 Å². The summed E-state index contributed by atoms with van der Waals surface area (Å²) in [6, 6.07) is 12.7. The molecular weight excluding hydrogens is 232 g/mol. The number of pyridine rings is 1. The molecule has 1 aromatic heterocycles. The first kappa shape index (κ1) is 12.0. The molecule has 1 aliphatic heterocycles. The highest BCUT2D eigenvalue weighted by molar-refractivity contribution is 5.64. The summed E-state index contributed by atoms with van der Waals surface area (Å²) in [5, 5.41) is 3.38. The summed E-state index contributed by atoms with van der Waals surface area (Å²) in [5.74, 6) is 6.50. The molecular formula is C17H16N2. The molecule has 3 rings (SSSR count). The van der Waals surface area contributed by atoms with E-state index in [-0.39, 0.29) is 0 Å². The molecule has 2 aromatic rings. The average Bonchev–Trinajstić information content (AvgIpc) is 3.00. The van der Waals surface area contributed by atoms with Crippen LogP contribution in [-0.4, -0.2) is 17.6 Å². The van der Waals surface area contributed by atoms with E-state index in [2.05, 4.69) is 40.3 Å². The molecule has 1 fully saturated rings. The zero-order valence-electron chi connectivity index (χ0n) is 10.8. The van der Waals surface area contributed by atoms with Crippen LogP contribution in [-0.2, 0) is 0 Å². The van der Waals surface area contributed by atoms with Crippen molar-refractivity contribution < 1.29 is 0 Å².